The number of nitrogens with zero attached hydrogens (tertiary/aromatic N) is 1. The zero-order valence-electron chi connectivity index (χ0n) is 16.2. The quantitative estimate of drug-likeness (QED) is 0.619. The molecule has 1 saturated carbocycles. The number of nitrogens with one attached hydrogen (secondary N) is 3. The van der Waals surface area contributed by atoms with E-state index in [1.807, 2.05) is 0 Å². The number of methoxy groups -OCH3 is 1. The Kier molecular flexibility index (Phi) is 6.81. The van der Waals surface area contributed by atoms with Crippen LogP contribution >= 0.6 is 0 Å². The summed E-state index contributed by atoms with van der Waals surface area (Å²) in [5, 5.41) is 8.74. The minimum Gasteiger partial charge on any atom is -0.481 e. The third-order valence-electron chi connectivity index (χ3n) is 5.57. The minimum atomic E-state index is -4.18. The van der Waals surface area contributed by atoms with Gasteiger partial charge in [-0.1, -0.05) is 0 Å². The highest BCUT2D eigenvalue weighted by atomic mass is 19.4. The Morgan fingerprint density at radius 1 is 1.28 bits per heavy atom. The number of carbonyl (C=O) groups is 1. The zero-order chi connectivity index (χ0) is 21.0. The number of anilines is 1. The molecule has 2 heterocycles. The van der Waals surface area contributed by atoms with E-state index in [4.69, 9.17) is 4.74 Å². The summed E-state index contributed by atoms with van der Waals surface area (Å²) in [6.45, 7) is 0.865. The van der Waals surface area contributed by atoms with Gasteiger partial charge in [0.2, 0.25) is 11.8 Å². The summed E-state index contributed by atoms with van der Waals surface area (Å²) >= 11 is 0. The van der Waals surface area contributed by atoms with E-state index < -0.39 is 17.9 Å². The van der Waals surface area contributed by atoms with Crippen LogP contribution in [-0.2, 0) is 11.3 Å². The average molecular weight is 418 g/mol. The van der Waals surface area contributed by atoms with Crippen LogP contribution in [0.2, 0.25) is 0 Å². The van der Waals surface area contributed by atoms with Gasteiger partial charge >= 0.3 is 6.18 Å². The van der Waals surface area contributed by atoms with Crippen LogP contribution in [0.1, 0.15) is 44.1 Å². The number of alkyl halides is 3. The Labute approximate surface area is 166 Å². The van der Waals surface area contributed by atoms with Crippen LogP contribution < -0.4 is 20.7 Å². The number of pyridine rings is 1. The van der Waals surface area contributed by atoms with Crippen LogP contribution in [0.25, 0.3) is 0 Å². The number of amides is 1. The molecular formula is C19H26F4N4O2. The Hall–Kier alpha value is -2.10. The second kappa shape index (κ2) is 9.15. The number of hydrogen-bond acceptors (Lipinski definition) is 5. The normalized spacial score (nSPS) is 24.9. The molecule has 1 aromatic heterocycles. The molecule has 1 atom stereocenters. The van der Waals surface area contributed by atoms with Gasteiger partial charge in [-0.3, -0.25) is 4.79 Å². The van der Waals surface area contributed by atoms with E-state index in [0.29, 0.717) is 18.4 Å². The van der Waals surface area contributed by atoms with Crippen molar-refractivity contribution in [2.24, 2.45) is 5.92 Å². The van der Waals surface area contributed by atoms with Crippen molar-refractivity contribution < 1.29 is 27.1 Å². The highest BCUT2D eigenvalue weighted by Gasteiger charge is 2.41. The molecule has 2 aliphatic rings. The summed E-state index contributed by atoms with van der Waals surface area (Å²) in [6, 6.07) is 0.712. The second-order valence-corrected chi connectivity index (χ2v) is 7.59. The third kappa shape index (κ3) is 5.49. The molecule has 1 aliphatic heterocycles. The topological polar surface area (TPSA) is 75.3 Å². The van der Waals surface area contributed by atoms with E-state index >= 15 is 0 Å². The van der Waals surface area contributed by atoms with Gasteiger partial charge < -0.3 is 20.7 Å². The number of rotatable bonds is 6. The zero-order valence-corrected chi connectivity index (χ0v) is 16.2. The van der Waals surface area contributed by atoms with Crippen molar-refractivity contribution in [2.75, 3.05) is 19.0 Å². The van der Waals surface area contributed by atoms with Gasteiger partial charge in [0.05, 0.1) is 19.1 Å². The summed E-state index contributed by atoms with van der Waals surface area (Å²) in [4.78, 5) is 16.2. The first-order valence-electron chi connectivity index (χ1n) is 9.85. The molecule has 29 heavy (non-hydrogen) atoms. The van der Waals surface area contributed by atoms with Crippen molar-refractivity contribution in [3.05, 3.63) is 17.4 Å². The first-order valence-corrected chi connectivity index (χ1v) is 9.85. The van der Waals surface area contributed by atoms with Gasteiger partial charge in [0.1, 0.15) is 0 Å². The Morgan fingerprint density at radius 3 is 2.59 bits per heavy atom. The molecule has 0 aromatic carbocycles. The van der Waals surface area contributed by atoms with E-state index in [1.54, 1.807) is 0 Å². The molecule has 0 unspecified atom stereocenters. The Morgan fingerprint density at radius 2 is 2.00 bits per heavy atom. The molecule has 2 fully saturated rings. The Balaban J connectivity index is 1.60. The number of hydrogen-bond donors (Lipinski definition) is 3. The predicted molar refractivity (Wildman–Crippen MR) is 99.0 cm³/mol. The van der Waals surface area contributed by atoms with E-state index in [0.717, 1.165) is 19.4 Å². The Bertz CT molecular complexity index is 715. The van der Waals surface area contributed by atoms with E-state index in [-0.39, 0.29) is 49.1 Å². The molecule has 10 heteroatoms. The van der Waals surface area contributed by atoms with Gasteiger partial charge in [-0.25, -0.2) is 4.39 Å². The molecular weight excluding hydrogens is 392 g/mol. The second-order valence-electron chi connectivity index (χ2n) is 7.59. The van der Waals surface area contributed by atoms with Crippen LogP contribution in [0.4, 0.5) is 23.4 Å². The molecule has 1 aliphatic carbocycles. The molecule has 6 nitrogen and oxygen atoms in total. The van der Waals surface area contributed by atoms with Gasteiger partial charge in [-0.2, -0.15) is 18.2 Å². The SMILES string of the molecule is COc1nc(N[C@H]2CC[C@@H](C(F)(F)F)CC2)c(F)cc1CNC(=O)[C@@H]1CCCN1. The van der Waals surface area contributed by atoms with Crippen molar-refractivity contribution in [2.45, 2.75) is 63.3 Å². The van der Waals surface area contributed by atoms with Crippen LogP contribution in [0, 0.1) is 11.7 Å². The van der Waals surface area contributed by atoms with E-state index in [9.17, 15) is 22.4 Å². The summed E-state index contributed by atoms with van der Waals surface area (Å²) in [5.74, 6) is -1.98. The van der Waals surface area contributed by atoms with Crippen LogP contribution in [0.15, 0.2) is 6.07 Å². The fourth-order valence-electron chi connectivity index (χ4n) is 3.89. The number of ether oxygens (including phenoxy) is 1. The van der Waals surface area contributed by atoms with Gasteiger partial charge in [-0.15, -0.1) is 0 Å². The van der Waals surface area contributed by atoms with Gasteiger partial charge in [0, 0.05) is 18.2 Å². The van der Waals surface area contributed by atoms with Crippen LogP contribution in [0.3, 0.4) is 0 Å². The first-order chi connectivity index (χ1) is 13.8. The number of aromatic nitrogens is 1. The molecule has 1 amide bonds. The molecule has 1 saturated heterocycles. The molecule has 3 rings (SSSR count). The lowest BCUT2D eigenvalue weighted by Crippen LogP contribution is -2.40. The third-order valence-corrected chi connectivity index (χ3v) is 5.57. The maximum Gasteiger partial charge on any atom is 0.391 e. The lowest BCUT2D eigenvalue weighted by molar-refractivity contribution is -0.182. The van der Waals surface area contributed by atoms with E-state index in [2.05, 4.69) is 20.9 Å². The van der Waals surface area contributed by atoms with Gasteiger partial charge in [-0.05, 0) is 51.1 Å². The molecule has 3 N–H and O–H groups in total. The minimum absolute atomic E-state index is 0.0131. The molecule has 162 valence electrons. The summed E-state index contributed by atoms with van der Waals surface area (Å²) in [6.07, 6.45) is -1.88. The molecule has 0 spiro atoms. The fourth-order valence-corrected chi connectivity index (χ4v) is 3.89. The largest absolute Gasteiger partial charge is 0.481 e. The van der Waals surface area contributed by atoms with Crippen LogP contribution in [-0.4, -0.2) is 42.8 Å². The predicted octanol–water partition coefficient (Wildman–Crippen LogP) is 3.13. The molecule has 0 bridgehead atoms. The standard InChI is InChI=1S/C19H26F4N4O2/c1-29-18-11(10-25-17(28)15-3-2-8-24-15)9-14(20)16(27-18)26-13-6-4-12(5-7-13)19(21,22)23/h9,12-13,15,24H,2-8,10H2,1H3,(H,25,28)(H,26,27)/t12-,13+,15-/m0/s1. The van der Waals surface area contributed by atoms with Crippen molar-refractivity contribution in [3.63, 3.8) is 0 Å². The first kappa shape index (κ1) is 21.6. The molecule has 0 radical (unpaired) electrons. The van der Waals surface area contributed by atoms with Crippen LogP contribution in [0.5, 0.6) is 5.88 Å². The van der Waals surface area contributed by atoms with Crippen molar-refractivity contribution in [1.29, 1.82) is 0 Å². The highest BCUT2D eigenvalue weighted by Crippen LogP contribution is 2.38. The maximum absolute atomic E-state index is 14.5. The van der Waals surface area contributed by atoms with Gasteiger partial charge in [0.15, 0.2) is 11.6 Å². The number of halogens is 4. The van der Waals surface area contributed by atoms with Crippen molar-refractivity contribution in [3.8, 4) is 5.88 Å². The number of carbonyl (C=O) groups excluding carboxylic acids is 1. The lowest BCUT2D eigenvalue weighted by atomic mass is 9.85. The van der Waals surface area contributed by atoms with E-state index in [1.165, 1.54) is 13.2 Å². The lowest BCUT2D eigenvalue weighted by Gasteiger charge is -2.30. The molecule has 1 aromatic rings. The van der Waals surface area contributed by atoms with Gasteiger partial charge in [0.25, 0.3) is 0 Å². The smallest absolute Gasteiger partial charge is 0.391 e. The fraction of sp³-hybridized carbons (Fsp3) is 0.684. The monoisotopic (exact) mass is 418 g/mol. The highest BCUT2D eigenvalue weighted by molar-refractivity contribution is 5.82. The summed E-state index contributed by atoms with van der Waals surface area (Å²) < 4.78 is 58.1. The summed E-state index contributed by atoms with van der Waals surface area (Å²) in [7, 11) is 1.39. The average Bonchev–Trinajstić information content (AvgIpc) is 3.22. The van der Waals surface area contributed by atoms with Crippen molar-refractivity contribution in [1.82, 2.24) is 15.6 Å². The maximum atomic E-state index is 14.5. The van der Waals surface area contributed by atoms with Crippen molar-refractivity contribution >= 4 is 11.7 Å². The summed E-state index contributed by atoms with van der Waals surface area (Å²) in [5.41, 5.74) is 0.391.